The lowest BCUT2D eigenvalue weighted by atomic mass is 10.0. The third-order valence-electron chi connectivity index (χ3n) is 4.39. The van der Waals surface area contributed by atoms with Crippen LogP contribution in [0.1, 0.15) is 24.9 Å². The van der Waals surface area contributed by atoms with Crippen LogP contribution in [0.4, 0.5) is 0 Å². The number of halogens is 1. The van der Waals surface area contributed by atoms with Gasteiger partial charge in [0.2, 0.25) is 11.8 Å². The minimum atomic E-state index is -0.329. The van der Waals surface area contributed by atoms with Crippen LogP contribution in [0.5, 0.6) is 0 Å². The fourth-order valence-corrected chi connectivity index (χ4v) is 4.30. The summed E-state index contributed by atoms with van der Waals surface area (Å²) in [5.74, 6) is 1.43. The molecule has 24 heavy (non-hydrogen) atoms. The van der Waals surface area contributed by atoms with Gasteiger partial charge >= 0.3 is 0 Å². The van der Waals surface area contributed by atoms with Crippen molar-refractivity contribution in [2.45, 2.75) is 25.4 Å². The summed E-state index contributed by atoms with van der Waals surface area (Å²) in [6, 6.07) is 3.55. The summed E-state index contributed by atoms with van der Waals surface area (Å²) in [7, 11) is 0. The largest absolute Gasteiger partial charge is 0.331 e. The highest BCUT2D eigenvalue weighted by molar-refractivity contribution is 7.99. The van der Waals surface area contributed by atoms with E-state index in [0.29, 0.717) is 24.6 Å². The topological polar surface area (TPSA) is 65.5 Å². The summed E-state index contributed by atoms with van der Waals surface area (Å²) in [6.45, 7) is 4.01. The van der Waals surface area contributed by atoms with Crippen molar-refractivity contribution >= 4 is 36.0 Å². The van der Waals surface area contributed by atoms with Crippen LogP contribution < -0.4 is 5.32 Å². The summed E-state index contributed by atoms with van der Waals surface area (Å²) in [5.41, 5.74) is 1.03. The van der Waals surface area contributed by atoms with Gasteiger partial charge in [-0.3, -0.25) is 14.6 Å². The molecule has 8 heteroatoms. The number of carbonyl (C=O) groups is 2. The molecule has 0 spiro atoms. The molecule has 2 atom stereocenters. The molecular formula is C16H23ClN4O2S. The number of piperazine rings is 1. The van der Waals surface area contributed by atoms with E-state index in [0.717, 1.165) is 18.7 Å². The minimum absolute atomic E-state index is 0. The molecule has 3 heterocycles. The lowest BCUT2D eigenvalue weighted by Crippen LogP contribution is -2.55. The first-order valence-corrected chi connectivity index (χ1v) is 9.16. The van der Waals surface area contributed by atoms with E-state index in [-0.39, 0.29) is 36.3 Å². The van der Waals surface area contributed by atoms with Gasteiger partial charge in [-0.25, -0.2) is 0 Å². The van der Waals surface area contributed by atoms with Gasteiger partial charge in [0.15, 0.2) is 0 Å². The molecule has 0 saturated carbocycles. The zero-order chi connectivity index (χ0) is 16.2. The van der Waals surface area contributed by atoms with E-state index < -0.39 is 0 Å². The van der Waals surface area contributed by atoms with Crippen LogP contribution in [0.25, 0.3) is 0 Å². The van der Waals surface area contributed by atoms with Crippen molar-refractivity contribution in [2.24, 2.45) is 0 Å². The molecule has 3 rings (SSSR count). The molecule has 0 radical (unpaired) electrons. The standard InChI is InChI=1S/C16H22N4O2S.ClH/c1-2-15(21)20-11-23-10-14(20)16(22)19-7-6-18-9-13(19)12-4-3-5-17-8-12;/h3-5,8,13-14,18H,2,6-7,9-11H2,1H3;1H. The average Bonchev–Trinajstić information content (AvgIpc) is 3.11. The summed E-state index contributed by atoms with van der Waals surface area (Å²) in [5, 5.41) is 3.35. The van der Waals surface area contributed by atoms with Crippen LogP contribution in [0, 0.1) is 0 Å². The van der Waals surface area contributed by atoms with Crippen molar-refractivity contribution in [1.82, 2.24) is 20.1 Å². The second-order valence-corrected chi connectivity index (χ2v) is 6.77. The van der Waals surface area contributed by atoms with Gasteiger partial charge in [0.1, 0.15) is 6.04 Å². The fraction of sp³-hybridized carbons (Fsp3) is 0.562. The third kappa shape index (κ3) is 3.84. The minimum Gasteiger partial charge on any atom is -0.331 e. The van der Waals surface area contributed by atoms with Crippen LogP contribution in [-0.4, -0.2) is 63.9 Å². The van der Waals surface area contributed by atoms with Gasteiger partial charge in [-0.1, -0.05) is 13.0 Å². The first-order chi connectivity index (χ1) is 11.2. The van der Waals surface area contributed by atoms with Crippen molar-refractivity contribution in [2.75, 3.05) is 31.3 Å². The van der Waals surface area contributed by atoms with Crippen LogP contribution >= 0.6 is 24.2 Å². The highest BCUT2D eigenvalue weighted by Crippen LogP contribution is 2.28. The monoisotopic (exact) mass is 370 g/mol. The number of amides is 2. The van der Waals surface area contributed by atoms with Crippen LogP contribution in [0.15, 0.2) is 24.5 Å². The Kier molecular flexibility index (Phi) is 6.89. The third-order valence-corrected chi connectivity index (χ3v) is 5.40. The van der Waals surface area contributed by atoms with E-state index in [1.165, 1.54) is 0 Å². The normalized spacial score (nSPS) is 23.7. The first-order valence-electron chi connectivity index (χ1n) is 8.00. The zero-order valence-electron chi connectivity index (χ0n) is 13.7. The van der Waals surface area contributed by atoms with Crippen LogP contribution in [0.2, 0.25) is 0 Å². The molecule has 0 aromatic carbocycles. The second kappa shape index (κ2) is 8.69. The Hall–Kier alpha value is -1.31. The van der Waals surface area contributed by atoms with Crippen LogP contribution in [0.3, 0.4) is 0 Å². The van der Waals surface area contributed by atoms with Gasteiger partial charge in [-0.05, 0) is 11.6 Å². The van der Waals surface area contributed by atoms with Crippen molar-refractivity contribution < 1.29 is 9.59 Å². The molecule has 6 nitrogen and oxygen atoms in total. The van der Waals surface area contributed by atoms with E-state index in [1.54, 1.807) is 22.9 Å². The van der Waals surface area contributed by atoms with E-state index in [1.807, 2.05) is 30.2 Å². The number of aromatic nitrogens is 1. The Bertz CT molecular complexity index is 574. The van der Waals surface area contributed by atoms with Crippen molar-refractivity contribution in [3.05, 3.63) is 30.1 Å². The number of hydrogen-bond donors (Lipinski definition) is 1. The fourth-order valence-electron chi connectivity index (χ4n) is 3.13. The van der Waals surface area contributed by atoms with Gasteiger partial charge < -0.3 is 15.1 Å². The molecule has 2 aliphatic heterocycles. The maximum absolute atomic E-state index is 13.1. The second-order valence-electron chi connectivity index (χ2n) is 5.77. The Labute approximate surface area is 152 Å². The SMILES string of the molecule is CCC(=O)N1CSCC1C(=O)N1CCNCC1c1cccnc1.Cl. The molecule has 2 amide bonds. The molecular weight excluding hydrogens is 348 g/mol. The molecule has 0 aliphatic carbocycles. The molecule has 1 N–H and O–H groups in total. The Morgan fingerprint density at radius 2 is 2.25 bits per heavy atom. The van der Waals surface area contributed by atoms with Crippen molar-refractivity contribution in [3.63, 3.8) is 0 Å². The number of hydrogen-bond acceptors (Lipinski definition) is 5. The highest BCUT2D eigenvalue weighted by atomic mass is 35.5. The highest BCUT2D eigenvalue weighted by Gasteiger charge is 2.39. The smallest absolute Gasteiger partial charge is 0.246 e. The van der Waals surface area contributed by atoms with Gasteiger partial charge in [-0.2, -0.15) is 0 Å². The number of thioether (sulfide) groups is 1. The molecule has 2 saturated heterocycles. The first kappa shape index (κ1) is 19.0. The van der Waals surface area contributed by atoms with E-state index in [4.69, 9.17) is 0 Å². The molecule has 2 unspecified atom stereocenters. The molecule has 2 aliphatic rings. The Morgan fingerprint density at radius 3 is 2.96 bits per heavy atom. The average molecular weight is 371 g/mol. The number of pyridine rings is 1. The lowest BCUT2D eigenvalue weighted by Gasteiger charge is -2.39. The van der Waals surface area contributed by atoms with E-state index >= 15 is 0 Å². The zero-order valence-corrected chi connectivity index (χ0v) is 15.3. The van der Waals surface area contributed by atoms with Gasteiger partial charge in [0.25, 0.3) is 0 Å². The van der Waals surface area contributed by atoms with E-state index in [2.05, 4.69) is 10.3 Å². The number of carbonyl (C=O) groups excluding carboxylic acids is 2. The number of rotatable bonds is 3. The van der Waals surface area contributed by atoms with Gasteiger partial charge in [-0.15, -0.1) is 24.2 Å². The maximum atomic E-state index is 13.1. The molecule has 2 fully saturated rings. The molecule has 1 aromatic heterocycles. The summed E-state index contributed by atoms with van der Waals surface area (Å²) in [6.07, 6.45) is 4.00. The predicted molar refractivity (Wildman–Crippen MR) is 97.1 cm³/mol. The number of nitrogens with one attached hydrogen (secondary N) is 1. The summed E-state index contributed by atoms with van der Waals surface area (Å²) in [4.78, 5) is 33.0. The van der Waals surface area contributed by atoms with Crippen LogP contribution in [-0.2, 0) is 9.59 Å². The van der Waals surface area contributed by atoms with Gasteiger partial charge in [0.05, 0.1) is 11.9 Å². The van der Waals surface area contributed by atoms with Crippen molar-refractivity contribution in [3.8, 4) is 0 Å². The number of nitrogens with zero attached hydrogens (tertiary/aromatic N) is 3. The maximum Gasteiger partial charge on any atom is 0.246 e. The quantitative estimate of drug-likeness (QED) is 0.868. The predicted octanol–water partition coefficient (Wildman–Crippen LogP) is 1.29. The molecule has 132 valence electrons. The molecule has 1 aromatic rings. The van der Waals surface area contributed by atoms with E-state index in [9.17, 15) is 9.59 Å². The van der Waals surface area contributed by atoms with Gasteiger partial charge in [0, 0.05) is 44.2 Å². The summed E-state index contributed by atoms with van der Waals surface area (Å²) >= 11 is 1.65. The Morgan fingerprint density at radius 1 is 1.42 bits per heavy atom. The van der Waals surface area contributed by atoms with Crippen molar-refractivity contribution in [1.29, 1.82) is 0 Å². The lowest BCUT2D eigenvalue weighted by molar-refractivity contribution is -0.145. The Balaban J connectivity index is 0.00000208. The summed E-state index contributed by atoms with van der Waals surface area (Å²) < 4.78 is 0. The molecule has 0 bridgehead atoms.